The van der Waals surface area contributed by atoms with Crippen LogP contribution in [0.1, 0.15) is 297 Å². The van der Waals surface area contributed by atoms with E-state index in [0.717, 1.165) is 32.2 Å². The normalized spacial score (nSPS) is 12.3. The zero-order valence-corrected chi connectivity index (χ0v) is 48.6. The molecule has 2 amide bonds. The Labute approximate surface area is 444 Å². The highest BCUT2D eigenvalue weighted by atomic mass is 16.5. The second-order valence-corrected chi connectivity index (χ2v) is 21.8. The van der Waals surface area contributed by atoms with Gasteiger partial charge in [-0.15, -0.1) is 0 Å². The van der Waals surface area contributed by atoms with E-state index in [4.69, 9.17) is 14.2 Å². The summed E-state index contributed by atoms with van der Waals surface area (Å²) in [5, 5.41) is 6.45. The van der Waals surface area contributed by atoms with Gasteiger partial charge in [-0.25, -0.2) is 4.79 Å². The van der Waals surface area contributed by atoms with E-state index in [2.05, 4.69) is 86.9 Å². The monoisotopic (exact) mass is 1000 g/mol. The molecule has 0 aromatic heterocycles. The molecule has 0 bridgehead atoms. The van der Waals surface area contributed by atoms with Gasteiger partial charge in [0.25, 0.3) is 0 Å². The maximum atomic E-state index is 13.5. The fourth-order valence-corrected chi connectivity index (χ4v) is 9.27. The first-order chi connectivity index (χ1) is 35.0. The van der Waals surface area contributed by atoms with Gasteiger partial charge in [0, 0.05) is 26.4 Å². The molecule has 0 aromatic carbocycles. The van der Waals surface area contributed by atoms with Crippen molar-refractivity contribution in [2.45, 2.75) is 302 Å². The Bertz CT molecular complexity index is 1010. The van der Waals surface area contributed by atoms with Crippen molar-refractivity contribution in [2.75, 3.05) is 66.8 Å². The van der Waals surface area contributed by atoms with Crippen LogP contribution in [0.4, 0.5) is 4.79 Å². The molecule has 0 saturated carbocycles. The zero-order valence-electron chi connectivity index (χ0n) is 48.6. The first kappa shape index (κ1) is 69.3. The highest BCUT2D eigenvalue weighted by Gasteiger charge is 2.34. The van der Waals surface area contributed by atoms with Gasteiger partial charge in [0.15, 0.2) is 0 Å². The van der Waals surface area contributed by atoms with E-state index in [-0.39, 0.29) is 6.03 Å². The van der Waals surface area contributed by atoms with Gasteiger partial charge in [-0.05, 0) is 123 Å². The molecule has 0 rings (SSSR count). The Balaban J connectivity index is 4.94. The average Bonchev–Trinajstić information content (AvgIpc) is 3.36. The fourth-order valence-electron chi connectivity index (χ4n) is 9.27. The number of allylic oxidation sites excluding steroid dienone is 6. The van der Waals surface area contributed by atoms with Gasteiger partial charge >= 0.3 is 6.03 Å². The lowest BCUT2D eigenvalue weighted by molar-refractivity contribution is -0.0363. The number of rotatable bonds is 59. The number of ether oxygens (including phenoxy) is 3. The average molecular weight is 1000 g/mol. The summed E-state index contributed by atoms with van der Waals surface area (Å²) in [6.07, 6.45) is 69.6. The third kappa shape index (κ3) is 55.9. The van der Waals surface area contributed by atoms with Crippen molar-refractivity contribution in [3.8, 4) is 0 Å². The smallest absolute Gasteiger partial charge is 0.315 e. The predicted molar refractivity (Wildman–Crippen MR) is 313 cm³/mol. The third-order valence-corrected chi connectivity index (χ3v) is 14.0. The van der Waals surface area contributed by atoms with E-state index in [1.165, 1.54) is 250 Å². The Morgan fingerprint density at radius 1 is 0.366 bits per heavy atom. The van der Waals surface area contributed by atoms with Crippen LogP contribution in [0.2, 0.25) is 0 Å². The predicted octanol–water partition coefficient (Wildman–Crippen LogP) is 19.1. The van der Waals surface area contributed by atoms with Crippen molar-refractivity contribution in [3.05, 3.63) is 36.5 Å². The van der Waals surface area contributed by atoms with E-state index < -0.39 is 5.54 Å². The number of carbonyl (C=O) groups excluding carboxylic acids is 1. The molecular weight excluding hydrogens is 875 g/mol. The number of nitrogens with one attached hydrogen (secondary N) is 2. The van der Waals surface area contributed by atoms with Crippen molar-refractivity contribution in [1.29, 1.82) is 0 Å². The summed E-state index contributed by atoms with van der Waals surface area (Å²) >= 11 is 0. The van der Waals surface area contributed by atoms with Crippen molar-refractivity contribution < 1.29 is 19.0 Å². The van der Waals surface area contributed by atoms with Crippen molar-refractivity contribution in [2.24, 2.45) is 0 Å². The molecule has 0 spiro atoms. The fraction of sp³-hybridized carbons (Fsp3) is 0.891. The Hall–Kier alpha value is -1.67. The number of carbonyl (C=O) groups is 1. The largest absolute Gasteiger partial charge is 0.379 e. The molecule has 0 heterocycles. The van der Waals surface area contributed by atoms with Crippen LogP contribution < -0.4 is 10.6 Å². The van der Waals surface area contributed by atoms with Gasteiger partial charge in [-0.2, -0.15) is 0 Å². The minimum Gasteiger partial charge on any atom is -0.379 e. The number of hydrogen-bond donors (Lipinski definition) is 2. The van der Waals surface area contributed by atoms with E-state index in [9.17, 15) is 4.79 Å². The molecule has 0 aliphatic carbocycles. The lowest BCUT2D eigenvalue weighted by atomic mass is 10.0. The van der Waals surface area contributed by atoms with E-state index in [1.807, 2.05) is 0 Å². The van der Waals surface area contributed by atoms with Gasteiger partial charge < -0.3 is 29.7 Å². The second kappa shape index (κ2) is 59.2. The minimum absolute atomic E-state index is 0.161. The van der Waals surface area contributed by atoms with Crippen LogP contribution in [0.25, 0.3) is 0 Å². The Kier molecular flexibility index (Phi) is 57.8. The van der Waals surface area contributed by atoms with Crippen molar-refractivity contribution in [1.82, 2.24) is 15.5 Å². The van der Waals surface area contributed by atoms with Gasteiger partial charge in [0.2, 0.25) is 0 Å². The maximum absolute atomic E-state index is 13.5. The summed E-state index contributed by atoms with van der Waals surface area (Å²) in [4.78, 5) is 15.6. The van der Waals surface area contributed by atoms with Gasteiger partial charge in [-0.1, -0.05) is 231 Å². The van der Waals surface area contributed by atoms with Crippen LogP contribution in [0, 0.1) is 0 Å². The molecule has 0 radical (unpaired) electrons. The molecule has 420 valence electrons. The first-order valence-electron chi connectivity index (χ1n) is 31.4. The Morgan fingerprint density at radius 3 is 0.887 bits per heavy atom. The summed E-state index contributed by atoms with van der Waals surface area (Å²) in [5.41, 5.74) is -0.737. The van der Waals surface area contributed by atoms with Crippen LogP contribution in [-0.2, 0) is 14.2 Å². The quantitative estimate of drug-likeness (QED) is 0.0469. The summed E-state index contributed by atoms with van der Waals surface area (Å²) in [5.74, 6) is 0. The van der Waals surface area contributed by atoms with Crippen LogP contribution in [-0.4, -0.2) is 83.3 Å². The molecule has 0 atom stereocenters. The number of nitrogens with zero attached hydrogens (tertiary/aromatic N) is 1. The van der Waals surface area contributed by atoms with E-state index in [0.29, 0.717) is 46.2 Å². The lowest BCUT2D eigenvalue weighted by Crippen LogP contribution is -2.60. The highest BCUT2D eigenvalue weighted by Crippen LogP contribution is 2.16. The standard InChI is InChI=1S/C64H125N3O4/c1-6-9-12-15-18-21-24-27-30-33-36-39-42-45-48-51-57-69-60-64(66-63(68)65-55-54-56-67(4)5,61-70-58-52-49-46-43-40-37-34-31-28-25-22-19-16-13-10-7-2)62-71-59-53-50-47-44-41-38-35-32-29-26-23-20-17-14-11-8-3/h27-32H,6-26,33-62H2,1-5H3,(H2,65,66,68)/b30-27-,31-28-,32-29-. The number of urea groups is 1. The van der Waals surface area contributed by atoms with Crippen LogP contribution >= 0.6 is 0 Å². The molecule has 0 saturated heterocycles. The molecule has 0 aromatic rings. The third-order valence-electron chi connectivity index (χ3n) is 14.0. The van der Waals surface area contributed by atoms with Gasteiger partial charge in [0.05, 0.1) is 19.8 Å². The Morgan fingerprint density at radius 2 is 0.620 bits per heavy atom. The van der Waals surface area contributed by atoms with Crippen LogP contribution in [0.5, 0.6) is 0 Å². The lowest BCUT2D eigenvalue weighted by Gasteiger charge is -2.34. The van der Waals surface area contributed by atoms with Crippen molar-refractivity contribution >= 4 is 6.03 Å². The molecule has 7 heteroatoms. The van der Waals surface area contributed by atoms with E-state index >= 15 is 0 Å². The molecule has 2 N–H and O–H groups in total. The summed E-state index contributed by atoms with van der Waals surface area (Å²) < 4.78 is 19.3. The highest BCUT2D eigenvalue weighted by molar-refractivity contribution is 5.74. The minimum atomic E-state index is -0.737. The van der Waals surface area contributed by atoms with Crippen LogP contribution in [0.15, 0.2) is 36.5 Å². The molecule has 0 aliphatic rings. The zero-order chi connectivity index (χ0) is 51.5. The topological polar surface area (TPSA) is 72.1 Å². The van der Waals surface area contributed by atoms with Gasteiger partial charge in [0.1, 0.15) is 5.54 Å². The van der Waals surface area contributed by atoms with Crippen molar-refractivity contribution in [3.63, 3.8) is 0 Å². The molecular formula is C64H125N3O4. The summed E-state index contributed by atoms with van der Waals surface area (Å²) in [6, 6.07) is -0.161. The van der Waals surface area contributed by atoms with Crippen LogP contribution in [0.3, 0.4) is 0 Å². The molecule has 0 aliphatic heterocycles. The number of hydrogen-bond acceptors (Lipinski definition) is 5. The van der Waals surface area contributed by atoms with Gasteiger partial charge in [-0.3, -0.25) is 0 Å². The number of unbranched alkanes of at least 4 members (excludes halogenated alkanes) is 36. The first-order valence-corrected chi connectivity index (χ1v) is 31.4. The van der Waals surface area contributed by atoms with E-state index in [1.54, 1.807) is 0 Å². The summed E-state index contributed by atoms with van der Waals surface area (Å²) in [7, 11) is 4.14. The SMILES string of the molecule is CCCCCCCC/C=C\CCCCCCCCOCC(COCCCCCCCC/C=C\CCCCCCCC)(COCCCCCCCC/C=C\CCCCCCCC)NC(=O)NCCCN(C)C. The maximum Gasteiger partial charge on any atom is 0.315 e. The second-order valence-electron chi connectivity index (χ2n) is 21.8. The molecule has 71 heavy (non-hydrogen) atoms. The summed E-state index contributed by atoms with van der Waals surface area (Å²) in [6.45, 7) is 11.7. The molecule has 7 nitrogen and oxygen atoms in total. The molecule has 0 unspecified atom stereocenters. The number of amides is 2. The molecule has 0 fully saturated rings.